The lowest BCUT2D eigenvalue weighted by Gasteiger charge is -2.29. The number of anilines is 2. The van der Waals surface area contributed by atoms with Crippen LogP contribution >= 0.6 is 0 Å². The zero-order chi connectivity index (χ0) is 24.2. The first-order valence-electron chi connectivity index (χ1n) is 13.0. The van der Waals surface area contributed by atoms with Crippen LogP contribution in [0.25, 0.3) is 0 Å². The molecule has 5 heteroatoms. The zero-order valence-corrected chi connectivity index (χ0v) is 20.5. The van der Waals surface area contributed by atoms with E-state index in [0.717, 1.165) is 30.9 Å². The maximum Gasteiger partial charge on any atom is 0.336 e. The third-order valence-corrected chi connectivity index (χ3v) is 7.87. The Morgan fingerprint density at radius 1 is 1.06 bits per heavy atom. The summed E-state index contributed by atoms with van der Waals surface area (Å²) in [6, 6.07) is 17.8. The number of fused-ring (bicyclic) bond motifs is 1. The molecule has 2 aliphatic rings. The SMILES string of the molecule is CN(c1ccc(C2CCCCC2)cc1)c1ccc2c(c1)CCN[C@H]2CCc1cnccc1C(=O)O. The summed E-state index contributed by atoms with van der Waals surface area (Å²) in [5.74, 6) is -0.159. The highest BCUT2D eigenvalue weighted by atomic mass is 16.4. The van der Waals surface area contributed by atoms with E-state index in [2.05, 4.69) is 64.7 Å². The predicted octanol–water partition coefficient (Wildman–Crippen LogP) is 6.42. The lowest BCUT2D eigenvalue weighted by atomic mass is 9.84. The van der Waals surface area contributed by atoms with Crippen molar-refractivity contribution < 1.29 is 9.90 Å². The molecule has 1 aromatic heterocycles. The van der Waals surface area contributed by atoms with Gasteiger partial charge < -0.3 is 15.3 Å². The van der Waals surface area contributed by atoms with Crippen LogP contribution < -0.4 is 10.2 Å². The molecule has 35 heavy (non-hydrogen) atoms. The number of aryl methyl sites for hydroxylation is 1. The quantitative estimate of drug-likeness (QED) is 0.418. The summed E-state index contributed by atoms with van der Waals surface area (Å²) < 4.78 is 0. The Bertz CT molecular complexity index is 1170. The molecule has 182 valence electrons. The highest BCUT2D eigenvalue weighted by Crippen LogP contribution is 2.35. The summed E-state index contributed by atoms with van der Waals surface area (Å²) in [5.41, 5.74) is 7.75. The van der Waals surface area contributed by atoms with Gasteiger partial charge in [0.15, 0.2) is 0 Å². The minimum Gasteiger partial charge on any atom is -0.478 e. The normalized spacial score (nSPS) is 18.1. The lowest BCUT2D eigenvalue weighted by Crippen LogP contribution is -2.30. The first kappa shape index (κ1) is 23.6. The molecule has 0 spiro atoms. The van der Waals surface area contributed by atoms with Gasteiger partial charge in [-0.3, -0.25) is 4.98 Å². The molecule has 0 radical (unpaired) electrons. The van der Waals surface area contributed by atoms with Gasteiger partial charge in [-0.1, -0.05) is 37.5 Å². The Morgan fingerprint density at radius 2 is 1.83 bits per heavy atom. The van der Waals surface area contributed by atoms with Crippen molar-refractivity contribution in [3.05, 3.63) is 88.7 Å². The Hall–Kier alpha value is -3.18. The topological polar surface area (TPSA) is 65.5 Å². The van der Waals surface area contributed by atoms with Crippen LogP contribution in [0.1, 0.15) is 83.1 Å². The van der Waals surface area contributed by atoms with Crippen LogP contribution in [0.4, 0.5) is 11.4 Å². The van der Waals surface area contributed by atoms with Crippen molar-refractivity contribution in [3.63, 3.8) is 0 Å². The Morgan fingerprint density at radius 3 is 2.60 bits per heavy atom. The van der Waals surface area contributed by atoms with Crippen LogP contribution in [0.2, 0.25) is 0 Å². The Balaban J connectivity index is 1.29. The number of aromatic nitrogens is 1. The fraction of sp³-hybridized carbons (Fsp3) is 0.400. The standard InChI is InChI=1S/C30H35N3O2/c1-33(25-10-7-22(8-11-25)21-5-3-2-4-6-21)26-12-13-27-23(19-26)15-18-32-29(27)14-9-24-20-31-17-16-28(24)30(34)35/h7-8,10-13,16-17,19-21,29,32H,2-6,9,14-15,18H2,1H3,(H,34,35)/t29-/m0/s1. The average Bonchev–Trinajstić information content (AvgIpc) is 2.92. The summed E-state index contributed by atoms with van der Waals surface area (Å²) in [5, 5.41) is 13.1. The molecule has 3 aromatic rings. The Kier molecular flexibility index (Phi) is 7.14. The smallest absolute Gasteiger partial charge is 0.336 e. The molecule has 1 saturated carbocycles. The summed E-state index contributed by atoms with van der Waals surface area (Å²) >= 11 is 0. The van der Waals surface area contributed by atoms with E-state index in [-0.39, 0.29) is 6.04 Å². The van der Waals surface area contributed by atoms with Crippen molar-refractivity contribution in [2.75, 3.05) is 18.5 Å². The molecular weight excluding hydrogens is 434 g/mol. The molecule has 2 aromatic carbocycles. The van der Waals surface area contributed by atoms with Gasteiger partial charge in [0.2, 0.25) is 0 Å². The van der Waals surface area contributed by atoms with Crippen molar-refractivity contribution in [1.29, 1.82) is 0 Å². The number of carboxylic acid groups (broad SMARTS) is 1. The lowest BCUT2D eigenvalue weighted by molar-refractivity contribution is 0.0695. The number of rotatable bonds is 7. The van der Waals surface area contributed by atoms with Gasteiger partial charge >= 0.3 is 5.97 Å². The van der Waals surface area contributed by atoms with Crippen LogP contribution in [-0.2, 0) is 12.8 Å². The van der Waals surface area contributed by atoms with Crippen molar-refractivity contribution in [1.82, 2.24) is 10.3 Å². The molecule has 1 atom stereocenters. The Labute approximate surface area is 208 Å². The van der Waals surface area contributed by atoms with Crippen LogP contribution in [0.5, 0.6) is 0 Å². The largest absolute Gasteiger partial charge is 0.478 e. The summed E-state index contributed by atoms with van der Waals surface area (Å²) in [7, 11) is 2.14. The van der Waals surface area contributed by atoms with Gasteiger partial charge in [-0.2, -0.15) is 0 Å². The number of hydrogen-bond acceptors (Lipinski definition) is 4. The van der Waals surface area contributed by atoms with E-state index in [1.165, 1.54) is 60.2 Å². The third kappa shape index (κ3) is 5.25. The van der Waals surface area contributed by atoms with Crippen molar-refractivity contribution in [2.24, 2.45) is 0 Å². The number of nitrogens with zero attached hydrogens (tertiary/aromatic N) is 2. The number of carbonyl (C=O) groups is 1. The van der Waals surface area contributed by atoms with Crippen LogP contribution in [0.3, 0.4) is 0 Å². The minimum absolute atomic E-state index is 0.217. The van der Waals surface area contributed by atoms with Crippen LogP contribution in [-0.4, -0.2) is 29.7 Å². The fourth-order valence-corrected chi connectivity index (χ4v) is 5.80. The van der Waals surface area contributed by atoms with Gasteiger partial charge in [0.05, 0.1) is 5.56 Å². The van der Waals surface area contributed by atoms with Crippen molar-refractivity contribution >= 4 is 17.3 Å². The minimum atomic E-state index is -0.890. The monoisotopic (exact) mass is 469 g/mol. The zero-order valence-electron chi connectivity index (χ0n) is 20.5. The molecular formula is C30H35N3O2. The predicted molar refractivity (Wildman–Crippen MR) is 141 cm³/mol. The molecule has 1 fully saturated rings. The van der Waals surface area contributed by atoms with Crippen LogP contribution in [0, 0.1) is 0 Å². The fourth-order valence-electron chi connectivity index (χ4n) is 5.80. The highest BCUT2D eigenvalue weighted by molar-refractivity contribution is 5.89. The summed E-state index contributed by atoms with van der Waals surface area (Å²) in [4.78, 5) is 18.0. The van der Waals surface area contributed by atoms with Gasteiger partial charge in [0.1, 0.15) is 0 Å². The van der Waals surface area contributed by atoms with E-state index in [9.17, 15) is 9.90 Å². The molecule has 0 unspecified atom stereocenters. The van der Waals surface area contributed by atoms with E-state index in [1.54, 1.807) is 18.5 Å². The number of benzene rings is 2. The van der Waals surface area contributed by atoms with E-state index >= 15 is 0 Å². The van der Waals surface area contributed by atoms with E-state index < -0.39 is 5.97 Å². The average molecular weight is 470 g/mol. The molecule has 2 heterocycles. The van der Waals surface area contributed by atoms with E-state index in [4.69, 9.17) is 0 Å². The molecule has 2 N–H and O–H groups in total. The molecule has 0 bridgehead atoms. The first-order chi connectivity index (χ1) is 17.1. The number of nitrogens with one attached hydrogen (secondary N) is 1. The second kappa shape index (κ2) is 10.6. The summed E-state index contributed by atoms with van der Waals surface area (Å²) in [6.07, 6.45) is 12.5. The number of aromatic carboxylic acids is 1. The number of pyridine rings is 1. The molecule has 5 rings (SSSR count). The molecule has 1 aliphatic heterocycles. The second-order valence-electron chi connectivity index (χ2n) is 10.0. The van der Waals surface area contributed by atoms with Gasteiger partial charge in [-0.05, 0) is 97.2 Å². The maximum absolute atomic E-state index is 11.5. The van der Waals surface area contributed by atoms with Crippen LogP contribution in [0.15, 0.2) is 60.9 Å². The molecule has 5 nitrogen and oxygen atoms in total. The van der Waals surface area contributed by atoms with Crippen molar-refractivity contribution in [2.45, 2.75) is 63.3 Å². The number of hydrogen-bond donors (Lipinski definition) is 2. The first-order valence-corrected chi connectivity index (χ1v) is 13.0. The maximum atomic E-state index is 11.5. The van der Waals surface area contributed by atoms with Gasteiger partial charge in [-0.15, -0.1) is 0 Å². The second-order valence-corrected chi connectivity index (χ2v) is 10.0. The van der Waals surface area contributed by atoms with Gasteiger partial charge in [0, 0.05) is 36.9 Å². The van der Waals surface area contributed by atoms with E-state index in [0.29, 0.717) is 12.0 Å². The highest BCUT2D eigenvalue weighted by Gasteiger charge is 2.22. The summed E-state index contributed by atoms with van der Waals surface area (Å²) in [6.45, 7) is 0.930. The molecule has 1 aliphatic carbocycles. The van der Waals surface area contributed by atoms with Crippen molar-refractivity contribution in [3.8, 4) is 0 Å². The van der Waals surface area contributed by atoms with Gasteiger partial charge in [0.25, 0.3) is 0 Å². The van der Waals surface area contributed by atoms with Gasteiger partial charge in [-0.25, -0.2) is 4.79 Å². The molecule has 0 saturated heterocycles. The third-order valence-electron chi connectivity index (χ3n) is 7.87. The molecule has 0 amide bonds. The van der Waals surface area contributed by atoms with E-state index in [1.807, 2.05) is 0 Å². The number of carboxylic acids is 1.